The smallest absolute Gasteiger partial charge is 0.211 e. The first kappa shape index (κ1) is 11.6. The summed E-state index contributed by atoms with van der Waals surface area (Å²) in [6.07, 6.45) is 1.66. The predicted octanol–water partition coefficient (Wildman–Crippen LogP) is 2.75. The van der Waals surface area contributed by atoms with Gasteiger partial charge in [-0.25, -0.2) is 0 Å². The fraction of sp³-hybridized carbons (Fsp3) is 0.286. The summed E-state index contributed by atoms with van der Waals surface area (Å²) in [5, 5.41) is 4.12. The summed E-state index contributed by atoms with van der Waals surface area (Å²) in [6.45, 7) is 6.74. The molecular formula is C14H16N2O. The van der Waals surface area contributed by atoms with Crippen LogP contribution in [0.15, 0.2) is 30.5 Å². The van der Waals surface area contributed by atoms with Gasteiger partial charge in [-0.05, 0) is 44.0 Å². The molecule has 0 saturated heterocycles. The van der Waals surface area contributed by atoms with Crippen LogP contribution < -0.4 is 0 Å². The number of nitrogens with zero attached hydrogens (tertiary/aromatic N) is 2. The summed E-state index contributed by atoms with van der Waals surface area (Å²) in [5.74, 6) is 0.0347. The van der Waals surface area contributed by atoms with Gasteiger partial charge in [-0.15, -0.1) is 0 Å². The third kappa shape index (κ3) is 2.13. The van der Waals surface area contributed by atoms with Crippen LogP contribution in [0.4, 0.5) is 0 Å². The van der Waals surface area contributed by atoms with Gasteiger partial charge in [0, 0.05) is 18.3 Å². The van der Waals surface area contributed by atoms with E-state index in [-0.39, 0.29) is 5.78 Å². The molecule has 3 heteroatoms. The third-order valence-electron chi connectivity index (χ3n) is 3.02. The van der Waals surface area contributed by atoms with Gasteiger partial charge in [-0.2, -0.15) is 5.10 Å². The van der Waals surface area contributed by atoms with Crippen molar-refractivity contribution >= 4 is 5.78 Å². The molecule has 88 valence electrons. The minimum atomic E-state index is 0.0347. The van der Waals surface area contributed by atoms with Crippen molar-refractivity contribution in [3.8, 4) is 0 Å². The number of hydrogen-bond acceptors (Lipinski definition) is 2. The first-order valence-corrected chi connectivity index (χ1v) is 5.77. The number of aryl methyl sites for hydroxylation is 3. The predicted molar refractivity (Wildman–Crippen MR) is 67.2 cm³/mol. The molecule has 2 aromatic rings. The van der Waals surface area contributed by atoms with E-state index in [4.69, 9.17) is 0 Å². The second kappa shape index (κ2) is 4.53. The Morgan fingerprint density at radius 2 is 2.00 bits per heavy atom. The highest BCUT2D eigenvalue weighted by Crippen LogP contribution is 2.14. The van der Waals surface area contributed by atoms with Crippen molar-refractivity contribution in [2.24, 2.45) is 0 Å². The van der Waals surface area contributed by atoms with E-state index >= 15 is 0 Å². The molecule has 17 heavy (non-hydrogen) atoms. The SMILES string of the molecule is CCn1nccc1C(=O)c1ccc(C)c(C)c1. The zero-order valence-electron chi connectivity index (χ0n) is 10.4. The molecule has 1 aromatic heterocycles. The van der Waals surface area contributed by atoms with Crippen LogP contribution in [0.3, 0.4) is 0 Å². The van der Waals surface area contributed by atoms with Gasteiger partial charge < -0.3 is 0 Å². The van der Waals surface area contributed by atoms with Crippen molar-refractivity contribution in [2.45, 2.75) is 27.3 Å². The van der Waals surface area contributed by atoms with Crippen molar-refractivity contribution in [3.05, 3.63) is 52.8 Å². The van der Waals surface area contributed by atoms with Crippen LogP contribution in [-0.4, -0.2) is 15.6 Å². The molecule has 3 nitrogen and oxygen atoms in total. The molecule has 1 heterocycles. The van der Waals surface area contributed by atoms with Crippen LogP contribution in [0.1, 0.15) is 34.1 Å². The molecule has 0 spiro atoms. The number of ketones is 1. The largest absolute Gasteiger partial charge is 0.287 e. The molecular weight excluding hydrogens is 212 g/mol. The lowest BCUT2D eigenvalue weighted by molar-refractivity contribution is 0.102. The lowest BCUT2D eigenvalue weighted by Gasteiger charge is -2.06. The molecule has 0 amide bonds. The van der Waals surface area contributed by atoms with Crippen molar-refractivity contribution in [1.82, 2.24) is 9.78 Å². The molecule has 0 fully saturated rings. The molecule has 0 aliphatic carbocycles. The van der Waals surface area contributed by atoms with Crippen LogP contribution in [0.2, 0.25) is 0 Å². The average Bonchev–Trinajstić information content (AvgIpc) is 2.80. The molecule has 0 aliphatic heterocycles. The van der Waals surface area contributed by atoms with Crippen LogP contribution in [-0.2, 0) is 6.54 Å². The van der Waals surface area contributed by atoms with Crippen molar-refractivity contribution in [1.29, 1.82) is 0 Å². The zero-order valence-corrected chi connectivity index (χ0v) is 10.4. The van der Waals surface area contributed by atoms with Crippen molar-refractivity contribution in [2.75, 3.05) is 0 Å². The van der Waals surface area contributed by atoms with Gasteiger partial charge in [0.2, 0.25) is 5.78 Å². The van der Waals surface area contributed by atoms with Crippen LogP contribution in [0, 0.1) is 13.8 Å². The van der Waals surface area contributed by atoms with E-state index in [9.17, 15) is 4.79 Å². The van der Waals surface area contributed by atoms with Crippen LogP contribution in [0.25, 0.3) is 0 Å². The van der Waals surface area contributed by atoms with Crippen LogP contribution in [0.5, 0.6) is 0 Å². The third-order valence-corrected chi connectivity index (χ3v) is 3.02. The molecule has 0 aliphatic rings. The van der Waals surface area contributed by atoms with E-state index in [0.29, 0.717) is 12.2 Å². The topological polar surface area (TPSA) is 34.9 Å². The van der Waals surface area contributed by atoms with Crippen LogP contribution >= 0.6 is 0 Å². The number of aromatic nitrogens is 2. The molecule has 2 rings (SSSR count). The van der Waals surface area contributed by atoms with Gasteiger partial charge in [0.15, 0.2) is 0 Å². The molecule has 0 bridgehead atoms. The lowest BCUT2D eigenvalue weighted by atomic mass is 10.0. The number of carbonyl (C=O) groups is 1. The first-order chi connectivity index (χ1) is 8.13. The maximum atomic E-state index is 12.3. The molecule has 1 aromatic carbocycles. The molecule has 0 N–H and O–H groups in total. The summed E-state index contributed by atoms with van der Waals surface area (Å²) < 4.78 is 1.72. The summed E-state index contributed by atoms with van der Waals surface area (Å²) in [6, 6.07) is 7.55. The monoisotopic (exact) mass is 228 g/mol. The molecule has 0 unspecified atom stereocenters. The van der Waals surface area contributed by atoms with Gasteiger partial charge in [-0.1, -0.05) is 12.1 Å². The van der Waals surface area contributed by atoms with Gasteiger partial charge >= 0.3 is 0 Å². The fourth-order valence-electron chi connectivity index (χ4n) is 1.81. The second-order valence-corrected chi connectivity index (χ2v) is 4.16. The second-order valence-electron chi connectivity index (χ2n) is 4.16. The number of hydrogen-bond donors (Lipinski definition) is 0. The summed E-state index contributed by atoms with van der Waals surface area (Å²) in [7, 11) is 0. The minimum absolute atomic E-state index is 0.0347. The Bertz CT molecular complexity index is 555. The summed E-state index contributed by atoms with van der Waals surface area (Å²) in [5.41, 5.74) is 3.71. The summed E-state index contributed by atoms with van der Waals surface area (Å²) in [4.78, 5) is 12.3. The maximum absolute atomic E-state index is 12.3. The zero-order chi connectivity index (χ0) is 12.4. The van der Waals surface area contributed by atoms with E-state index in [1.54, 1.807) is 16.9 Å². The Labute approximate surface area is 101 Å². The van der Waals surface area contributed by atoms with Gasteiger partial charge in [0.25, 0.3) is 0 Å². The Balaban J connectivity index is 2.40. The Kier molecular flexibility index (Phi) is 3.09. The number of carbonyl (C=O) groups excluding carboxylic acids is 1. The van der Waals surface area contributed by atoms with E-state index in [1.165, 1.54) is 5.56 Å². The molecule has 0 saturated carbocycles. The maximum Gasteiger partial charge on any atom is 0.211 e. The fourth-order valence-corrected chi connectivity index (χ4v) is 1.81. The van der Waals surface area contributed by atoms with Crippen molar-refractivity contribution < 1.29 is 4.79 Å². The first-order valence-electron chi connectivity index (χ1n) is 5.77. The quantitative estimate of drug-likeness (QED) is 0.757. The highest BCUT2D eigenvalue weighted by molar-refractivity contribution is 6.08. The van der Waals surface area contributed by atoms with E-state index in [0.717, 1.165) is 11.1 Å². The highest BCUT2D eigenvalue weighted by Gasteiger charge is 2.13. The van der Waals surface area contributed by atoms with E-state index in [1.807, 2.05) is 39.0 Å². The standard InChI is InChI=1S/C14H16N2O/c1-4-16-13(7-8-15-16)14(17)12-6-5-10(2)11(3)9-12/h5-9H,4H2,1-3H3. The Hall–Kier alpha value is -1.90. The van der Waals surface area contributed by atoms with E-state index in [2.05, 4.69) is 5.10 Å². The van der Waals surface area contributed by atoms with Gasteiger partial charge in [0.1, 0.15) is 5.69 Å². The Morgan fingerprint density at radius 1 is 1.24 bits per heavy atom. The normalized spacial score (nSPS) is 10.5. The highest BCUT2D eigenvalue weighted by atomic mass is 16.1. The van der Waals surface area contributed by atoms with Gasteiger partial charge in [0.05, 0.1) is 0 Å². The van der Waals surface area contributed by atoms with Crippen molar-refractivity contribution in [3.63, 3.8) is 0 Å². The Morgan fingerprint density at radius 3 is 2.65 bits per heavy atom. The van der Waals surface area contributed by atoms with Gasteiger partial charge in [-0.3, -0.25) is 9.48 Å². The summed E-state index contributed by atoms with van der Waals surface area (Å²) >= 11 is 0. The number of rotatable bonds is 3. The lowest BCUT2D eigenvalue weighted by Crippen LogP contribution is -2.10. The average molecular weight is 228 g/mol. The number of benzene rings is 1. The molecule has 0 atom stereocenters. The minimum Gasteiger partial charge on any atom is -0.287 e. The molecule has 0 radical (unpaired) electrons. The van der Waals surface area contributed by atoms with E-state index < -0.39 is 0 Å².